The van der Waals surface area contributed by atoms with Crippen LogP contribution < -0.4 is 5.90 Å². The Hall–Kier alpha value is -1.36. The van der Waals surface area contributed by atoms with Crippen LogP contribution in [0.2, 0.25) is 0 Å². The smallest absolute Gasteiger partial charge is 0.330 e. The van der Waals surface area contributed by atoms with Crippen LogP contribution in [0.3, 0.4) is 0 Å². The summed E-state index contributed by atoms with van der Waals surface area (Å²) < 4.78 is 4.88. The third kappa shape index (κ3) is 26.9. The number of nitrogens with two attached hydrogens (primary N) is 1. The number of rotatable bonds is 18. The van der Waals surface area contributed by atoms with Gasteiger partial charge in [-0.15, -0.1) is 0 Å². The Morgan fingerprint density at radius 3 is 1.61 bits per heavy atom. The molecule has 0 atom stereocenters. The predicted molar refractivity (Wildman–Crippen MR) is 117 cm³/mol. The lowest BCUT2D eigenvalue weighted by atomic mass is 10.1. The van der Waals surface area contributed by atoms with Crippen molar-refractivity contribution in [2.75, 3.05) is 6.61 Å². The summed E-state index contributed by atoms with van der Waals surface area (Å²) in [6, 6.07) is 0. The number of hydrogen-bond donors (Lipinski definition) is 1. The molecule has 0 rings (SSSR count). The van der Waals surface area contributed by atoms with E-state index in [1.54, 1.807) is 0 Å². The van der Waals surface area contributed by atoms with Crippen molar-refractivity contribution >= 4 is 11.9 Å². The largest absolute Gasteiger partial charge is 0.463 e. The first-order chi connectivity index (χ1) is 13.6. The topological polar surface area (TPSA) is 78.6 Å². The van der Waals surface area contributed by atoms with Gasteiger partial charge in [-0.05, 0) is 12.8 Å². The standard InChI is InChI=1S/C13H24O2.C10H21NO2/c1-3-5-6-7-8-9-10-11-12-15-13(14)4-2;1-2-3-4-5-6-7-8-9-10(12)13-11/h4H,2-3,5-12H2,1H3;2-9,11H2,1H3. The maximum absolute atomic E-state index is 10.7. The van der Waals surface area contributed by atoms with Crippen LogP contribution in [0.5, 0.6) is 0 Å². The van der Waals surface area contributed by atoms with E-state index < -0.39 is 0 Å². The van der Waals surface area contributed by atoms with Crippen LogP contribution >= 0.6 is 0 Å². The molecule has 28 heavy (non-hydrogen) atoms. The molecule has 0 unspecified atom stereocenters. The monoisotopic (exact) mass is 399 g/mol. The molecular weight excluding hydrogens is 354 g/mol. The second-order valence-corrected chi connectivity index (χ2v) is 7.21. The average molecular weight is 400 g/mol. The zero-order valence-corrected chi connectivity index (χ0v) is 18.5. The molecule has 0 fully saturated rings. The molecule has 0 saturated heterocycles. The summed E-state index contributed by atoms with van der Waals surface area (Å²) in [5.41, 5.74) is 0. The summed E-state index contributed by atoms with van der Waals surface area (Å²) >= 11 is 0. The lowest BCUT2D eigenvalue weighted by Crippen LogP contribution is -2.08. The highest BCUT2D eigenvalue weighted by Crippen LogP contribution is 2.09. The van der Waals surface area contributed by atoms with Crippen molar-refractivity contribution in [2.24, 2.45) is 5.90 Å². The fourth-order valence-electron chi connectivity index (χ4n) is 2.75. The summed E-state index contributed by atoms with van der Waals surface area (Å²) in [6.45, 7) is 8.32. The number of carbonyl (C=O) groups is 2. The summed E-state index contributed by atoms with van der Waals surface area (Å²) in [5.74, 6) is 4.10. The van der Waals surface area contributed by atoms with Gasteiger partial charge in [0.2, 0.25) is 0 Å². The molecule has 166 valence electrons. The van der Waals surface area contributed by atoms with Gasteiger partial charge >= 0.3 is 11.9 Å². The Balaban J connectivity index is 0. The Labute approximate surface area is 173 Å². The van der Waals surface area contributed by atoms with Gasteiger partial charge in [0.05, 0.1) is 6.61 Å². The summed E-state index contributed by atoms with van der Waals surface area (Å²) in [6.07, 6.45) is 20.2. The molecule has 0 bridgehead atoms. The van der Waals surface area contributed by atoms with Crippen LogP contribution in [-0.4, -0.2) is 18.5 Å². The molecule has 0 aliphatic heterocycles. The first kappa shape index (κ1) is 28.8. The second-order valence-electron chi connectivity index (χ2n) is 7.21. The van der Waals surface area contributed by atoms with Crippen LogP contribution in [0.4, 0.5) is 0 Å². The van der Waals surface area contributed by atoms with Gasteiger partial charge in [0, 0.05) is 12.5 Å². The van der Waals surface area contributed by atoms with Crippen LogP contribution in [-0.2, 0) is 19.2 Å². The molecule has 0 aliphatic carbocycles. The minimum absolute atomic E-state index is 0.298. The average Bonchev–Trinajstić information content (AvgIpc) is 2.71. The minimum atomic E-state index is -0.307. The predicted octanol–water partition coefficient (Wildman–Crippen LogP) is 6.40. The van der Waals surface area contributed by atoms with Crippen molar-refractivity contribution < 1.29 is 19.2 Å². The van der Waals surface area contributed by atoms with Gasteiger partial charge in [-0.1, -0.05) is 104 Å². The Bertz CT molecular complexity index is 359. The Morgan fingerprint density at radius 2 is 1.18 bits per heavy atom. The molecule has 0 aromatic heterocycles. The summed E-state index contributed by atoms with van der Waals surface area (Å²) in [4.78, 5) is 25.3. The van der Waals surface area contributed by atoms with E-state index in [0.717, 1.165) is 25.7 Å². The molecular formula is C23H45NO4. The molecule has 5 nitrogen and oxygen atoms in total. The van der Waals surface area contributed by atoms with Gasteiger partial charge in [-0.25, -0.2) is 4.79 Å². The molecule has 0 aromatic rings. The maximum Gasteiger partial charge on any atom is 0.330 e. The molecule has 0 amide bonds. The van der Waals surface area contributed by atoms with E-state index in [4.69, 9.17) is 10.6 Å². The van der Waals surface area contributed by atoms with E-state index in [0.29, 0.717) is 13.0 Å². The van der Waals surface area contributed by atoms with Crippen molar-refractivity contribution in [2.45, 2.75) is 117 Å². The number of ether oxygens (including phenoxy) is 1. The molecule has 0 aromatic carbocycles. The Morgan fingerprint density at radius 1 is 0.750 bits per heavy atom. The van der Waals surface area contributed by atoms with Gasteiger partial charge in [-0.2, -0.15) is 5.90 Å². The maximum atomic E-state index is 10.7. The fraction of sp³-hybridized carbons (Fsp3) is 0.826. The third-order valence-electron chi connectivity index (χ3n) is 4.52. The van der Waals surface area contributed by atoms with E-state index in [1.807, 2.05) is 0 Å². The zero-order valence-electron chi connectivity index (χ0n) is 18.5. The van der Waals surface area contributed by atoms with Crippen LogP contribution in [0.25, 0.3) is 0 Å². The highest BCUT2D eigenvalue weighted by atomic mass is 16.7. The third-order valence-corrected chi connectivity index (χ3v) is 4.52. The molecule has 2 N–H and O–H groups in total. The summed E-state index contributed by atoms with van der Waals surface area (Å²) in [7, 11) is 0. The molecule has 0 heterocycles. The second kappa shape index (κ2) is 25.6. The quantitative estimate of drug-likeness (QED) is 0.125. The van der Waals surface area contributed by atoms with Gasteiger partial charge in [-0.3, -0.25) is 4.79 Å². The minimum Gasteiger partial charge on any atom is -0.463 e. The van der Waals surface area contributed by atoms with E-state index in [9.17, 15) is 9.59 Å². The molecule has 0 aliphatic rings. The molecule has 0 radical (unpaired) electrons. The first-order valence-corrected chi connectivity index (χ1v) is 11.3. The van der Waals surface area contributed by atoms with Crippen LogP contribution in [0, 0.1) is 0 Å². The van der Waals surface area contributed by atoms with Gasteiger partial charge < -0.3 is 9.57 Å². The highest BCUT2D eigenvalue weighted by molar-refractivity contribution is 5.81. The van der Waals surface area contributed by atoms with Gasteiger partial charge in [0.25, 0.3) is 0 Å². The van der Waals surface area contributed by atoms with Crippen molar-refractivity contribution in [1.82, 2.24) is 0 Å². The van der Waals surface area contributed by atoms with E-state index >= 15 is 0 Å². The van der Waals surface area contributed by atoms with Crippen molar-refractivity contribution in [3.05, 3.63) is 12.7 Å². The number of carbonyl (C=O) groups excluding carboxylic acids is 2. The molecule has 5 heteroatoms. The SMILES string of the molecule is C=CC(=O)OCCCCCCCCCC.CCCCCCCCCC(=O)ON. The zero-order chi connectivity index (χ0) is 21.3. The van der Waals surface area contributed by atoms with Crippen molar-refractivity contribution in [1.29, 1.82) is 0 Å². The Kier molecular flexibility index (Phi) is 26.4. The number of unbranched alkanes of at least 4 members (excludes halogenated alkanes) is 13. The van der Waals surface area contributed by atoms with Crippen molar-refractivity contribution in [3.8, 4) is 0 Å². The van der Waals surface area contributed by atoms with E-state index in [-0.39, 0.29) is 11.9 Å². The molecule has 0 saturated carbocycles. The summed E-state index contributed by atoms with van der Waals surface area (Å²) in [5, 5.41) is 0. The number of hydrogen-bond acceptors (Lipinski definition) is 5. The highest BCUT2D eigenvalue weighted by Gasteiger charge is 1.99. The molecule has 0 spiro atoms. The lowest BCUT2D eigenvalue weighted by molar-refractivity contribution is -0.144. The lowest BCUT2D eigenvalue weighted by Gasteiger charge is -2.02. The van der Waals surface area contributed by atoms with Gasteiger partial charge in [0.1, 0.15) is 0 Å². The fourth-order valence-corrected chi connectivity index (χ4v) is 2.75. The van der Waals surface area contributed by atoms with Crippen molar-refractivity contribution in [3.63, 3.8) is 0 Å². The normalized spacial score (nSPS) is 9.96. The van der Waals surface area contributed by atoms with E-state index in [2.05, 4.69) is 25.3 Å². The van der Waals surface area contributed by atoms with E-state index in [1.165, 1.54) is 76.7 Å². The van der Waals surface area contributed by atoms with Crippen LogP contribution in [0.1, 0.15) is 117 Å². The number of esters is 1. The van der Waals surface area contributed by atoms with Crippen LogP contribution in [0.15, 0.2) is 12.7 Å². The van der Waals surface area contributed by atoms with Gasteiger partial charge in [0.15, 0.2) is 0 Å². The first-order valence-electron chi connectivity index (χ1n) is 11.3.